The van der Waals surface area contributed by atoms with Crippen LogP contribution in [0.3, 0.4) is 0 Å². The van der Waals surface area contributed by atoms with Gasteiger partial charge in [0.2, 0.25) is 0 Å². The van der Waals surface area contributed by atoms with Gasteiger partial charge in [-0.3, -0.25) is 10.1 Å². The van der Waals surface area contributed by atoms with E-state index in [1.54, 1.807) is 0 Å². The van der Waals surface area contributed by atoms with Crippen LogP contribution in [0, 0.1) is 12.8 Å². The smallest absolute Gasteiger partial charge is 0.188 e. The van der Waals surface area contributed by atoms with Crippen molar-refractivity contribution in [1.82, 2.24) is 15.5 Å². The number of aromatic nitrogens is 2. The van der Waals surface area contributed by atoms with E-state index in [2.05, 4.69) is 20.5 Å². The molecule has 100 valence electrons. The standard InChI is InChI=1S/C13H23N5/c1-10-12(9-17-18-10)6-3-7-15-13(14)16-8-11-4-2-5-11/h9,11H,2-8H2,1H3,(H,17,18)(H3,14,15,16). The highest BCUT2D eigenvalue weighted by Crippen LogP contribution is 2.26. The molecule has 1 saturated carbocycles. The summed E-state index contributed by atoms with van der Waals surface area (Å²) < 4.78 is 0. The fraction of sp³-hybridized carbons (Fsp3) is 0.692. The number of nitrogens with two attached hydrogens (primary N) is 1. The molecule has 0 atom stereocenters. The number of hydrogen-bond acceptors (Lipinski definition) is 2. The van der Waals surface area contributed by atoms with E-state index in [-0.39, 0.29) is 0 Å². The zero-order valence-electron chi connectivity index (χ0n) is 11.1. The van der Waals surface area contributed by atoms with Gasteiger partial charge in [-0.2, -0.15) is 5.10 Å². The number of guanidine groups is 1. The van der Waals surface area contributed by atoms with Crippen molar-refractivity contribution in [2.75, 3.05) is 13.1 Å². The van der Waals surface area contributed by atoms with Crippen molar-refractivity contribution in [3.05, 3.63) is 17.5 Å². The van der Waals surface area contributed by atoms with Gasteiger partial charge in [0.1, 0.15) is 0 Å². The largest absolute Gasteiger partial charge is 0.370 e. The molecule has 4 N–H and O–H groups in total. The maximum atomic E-state index is 5.81. The van der Waals surface area contributed by atoms with Crippen LogP contribution in [0.2, 0.25) is 0 Å². The third-order valence-electron chi connectivity index (χ3n) is 3.61. The Morgan fingerprint density at radius 1 is 1.61 bits per heavy atom. The molecular weight excluding hydrogens is 226 g/mol. The molecule has 1 aliphatic rings. The number of nitrogens with one attached hydrogen (secondary N) is 2. The third-order valence-corrected chi connectivity index (χ3v) is 3.61. The molecule has 2 rings (SSSR count). The van der Waals surface area contributed by atoms with Crippen molar-refractivity contribution in [3.8, 4) is 0 Å². The molecule has 0 aromatic carbocycles. The molecule has 1 aromatic rings. The van der Waals surface area contributed by atoms with Crippen LogP contribution in [-0.4, -0.2) is 29.2 Å². The molecule has 18 heavy (non-hydrogen) atoms. The Balaban J connectivity index is 1.58. The Labute approximate surface area is 108 Å². The Morgan fingerprint density at radius 2 is 2.44 bits per heavy atom. The topological polar surface area (TPSA) is 79.1 Å². The lowest BCUT2D eigenvalue weighted by Gasteiger charge is -2.23. The van der Waals surface area contributed by atoms with Crippen molar-refractivity contribution in [1.29, 1.82) is 0 Å². The van der Waals surface area contributed by atoms with E-state index in [9.17, 15) is 0 Å². The number of rotatable bonds is 6. The Bertz CT molecular complexity index is 392. The lowest BCUT2D eigenvalue weighted by Crippen LogP contribution is -2.33. The summed E-state index contributed by atoms with van der Waals surface area (Å²) in [7, 11) is 0. The minimum atomic E-state index is 0.589. The summed E-state index contributed by atoms with van der Waals surface area (Å²) in [5, 5.41) is 10.1. The highest BCUT2D eigenvalue weighted by molar-refractivity contribution is 5.77. The number of hydrogen-bond donors (Lipinski definition) is 3. The van der Waals surface area contributed by atoms with Crippen molar-refractivity contribution < 1.29 is 0 Å². The number of H-pyrrole nitrogens is 1. The Morgan fingerprint density at radius 3 is 3.06 bits per heavy atom. The van der Waals surface area contributed by atoms with Crippen LogP contribution in [0.5, 0.6) is 0 Å². The molecule has 5 heteroatoms. The fourth-order valence-corrected chi connectivity index (χ4v) is 2.08. The lowest BCUT2D eigenvalue weighted by molar-refractivity contribution is 0.326. The van der Waals surface area contributed by atoms with Gasteiger partial charge in [0.15, 0.2) is 5.96 Å². The molecule has 0 spiro atoms. The zero-order chi connectivity index (χ0) is 12.8. The van der Waals surface area contributed by atoms with E-state index < -0.39 is 0 Å². The molecule has 0 aliphatic heterocycles. The molecule has 1 fully saturated rings. The second-order valence-electron chi connectivity index (χ2n) is 5.07. The molecule has 0 radical (unpaired) electrons. The molecule has 0 amide bonds. The Hall–Kier alpha value is -1.52. The first-order chi connectivity index (χ1) is 8.75. The molecule has 0 unspecified atom stereocenters. The summed E-state index contributed by atoms with van der Waals surface area (Å²) in [5.41, 5.74) is 8.24. The van der Waals surface area contributed by atoms with Gasteiger partial charge in [0, 0.05) is 18.8 Å². The van der Waals surface area contributed by atoms with E-state index in [1.165, 1.54) is 24.8 Å². The summed E-state index contributed by atoms with van der Waals surface area (Å²) >= 11 is 0. The maximum absolute atomic E-state index is 5.81. The second-order valence-corrected chi connectivity index (χ2v) is 5.07. The quantitative estimate of drug-likeness (QED) is 0.404. The van der Waals surface area contributed by atoms with E-state index in [0.29, 0.717) is 5.96 Å². The SMILES string of the molecule is Cc1[nH]ncc1CCCNC(N)=NCC1CCC1. The highest BCUT2D eigenvalue weighted by atomic mass is 15.1. The average molecular weight is 249 g/mol. The first-order valence-electron chi connectivity index (χ1n) is 6.78. The van der Waals surface area contributed by atoms with Crippen molar-refractivity contribution in [2.24, 2.45) is 16.6 Å². The van der Waals surface area contributed by atoms with Gasteiger partial charge in [-0.25, -0.2) is 0 Å². The van der Waals surface area contributed by atoms with Gasteiger partial charge in [-0.15, -0.1) is 0 Å². The van der Waals surface area contributed by atoms with Gasteiger partial charge < -0.3 is 11.1 Å². The van der Waals surface area contributed by atoms with Gasteiger partial charge in [0.05, 0.1) is 6.20 Å². The van der Waals surface area contributed by atoms with Crippen molar-refractivity contribution in [2.45, 2.75) is 39.0 Å². The van der Waals surface area contributed by atoms with Crippen LogP contribution in [0.15, 0.2) is 11.2 Å². The molecule has 1 aliphatic carbocycles. The third kappa shape index (κ3) is 3.75. The predicted molar refractivity (Wildman–Crippen MR) is 73.5 cm³/mol. The molecular formula is C13H23N5. The molecule has 1 heterocycles. The van der Waals surface area contributed by atoms with Gasteiger partial charge >= 0.3 is 0 Å². The normalized spacial score (nSPS) is 16.6. The highest BCUT2D eigenvalue weighted by Gasteiger charge is 2.16. The van der Waals surface area contributed by atoms with Crippen LogP contribution in [0.4, 0.5) is 0 Å². The first-order valence-corrected chi connectivity index (χ1v) is 6.78. The summed E-state index contributed by atoms with van der Waals surface area (Å²) in [5.74, 6) is 1.37. The molecule has 0 bridgehead atoms. The van der Waals surface area contributed by atoms with Crippen molar-refractivity contribution in [3.63, 3.8) is 0 Å². The summed E-state index contributed by atoms with van der Waals surface area (Å²) in [6, 6.07) is 0. The zero-order valence-corrected chi connectivity index (χ0v) is 11.1. The maximum Gasteiger partial charge on any atom is 0.188 e. The summed E-state index contributed by atoms with van der Waals surface area (Å²) in [6.07, 6.45) is 7.94. The minimum Gasteiger partial charge on any atom is -0.370 e. The lowest BCUT2D eigenvalue weighted by atomic mass is 9.86. The molecule has 0 saturated heterocycles. The molecule has 5 nitrogen and oxygen atoms in total. The second kappa shape index (κ2) is 6.42. The van der Waals surface area contributed by atoms with Gasteiger partial charge in [0.25, 0.3) is 0 Å². The fourth-order valence-electron chi connectivity index (χ4n) is 2.08. The van der Waals surface area contributed by atoms with Gasteiger partial charge in [-0.1, -0.05) is 6.42 Å². The Kier molecular flexibility index (Phi) is 4.61. The predicted octanol–water partition coefficient (Wildman–Crippen LogP) is 1.36. The summed E-state index contributed by atoms with van der Waals surface area (Å²) in [4.78, 5) is 4.36. The average Bonchev–Trinajstić information content (AvgIpc) is 2.68. The van der Waals surface area contributed by atoms with Crippen LogP contribution in [0.1, 0.15) is 36.9 Å². The monoisotopic (exact) mass is 249 g/mol. The van der Waals surface area contributed by atoms with Crippen LogP contribution in [-0.2, 0) is 6.42 Å². The van der Waals surface area contributed by atoms with Gasteiger partial charge in [-0.05, 0) is 44.1 Å². The van der Waals surface area contributed by atoms with E-state index in [1.807, 2.05) is 13.1 Å². The van der Waals surface area contributed by atoms with E-state index in [4.69, 9.17) is 5.73 Å². The van der Waals surface area contributed by atoms with E-state index in [0.717, 1.165) is 37.5 Å². The number of aryl methyl sites for hydroxylation is 2. The van der Waals surface area contributed by atoms with Crippen molar-refractivity contribution >= 4 is 5.96 Å². The minimum absolute atomic E-state index is 0.589. The molecule has 1 aromatic heterocycles. The van der Waals surface area contributed by atoms with Crippen LogP contribution in [0.25, 0.3) is 0 Å². The van der Waals surface area contributed by atoms with Crippen LogP contribution < -0.4 is 11.1 Å². The number of aromatic amines is 1. The van der Waals surface area contributed by atoms with E-state index >= 15 is 0 Å². The summed E-state index contributed by atoms with van der Waals surface area (Å²) in [6.45, 7) is 3.80. The van der Waals surface area contributed by atoms with Crippen LogP contribution >= 0.6 is 0 Å². The number of nitrogens with zero attached hydrogens (tertiary/aromatic N) is 2. The number of aliphatic imine (C=N–C) groups is 1. The first kappa shape index (κ1) is 12.9.